The molecule has 3 aromatic carbocycles. The molecule has 0 aliphatic carbocycles. The van der Waals surface area contributed by atoms with Crippen molar-refractivity contribution in [1.82, 2.24) is 4.90 Å². The molecule has 0 bridgehead atoms. The minimum absolute atomic E-state index is 0.0258. The van der Waals surface area contributed by atoms with E-state index in [0.29, 0.717) is 29.0 Å². The zero-order valence-electron chi connectivity index (χ0n) is 21.6. The maximum absolute atomic E-state index is 13.5. The number of Topliss-reactive ketones (excluding diaryl/α,β-unsaturated/α-hetero) is 1. The Hall–Kier alpha value is -3.93. The number of aliphatic hydroxyl groups is 1. The molecular formula is C31H32FNO4. The first kappa shape index (κ1) is 26.1. The van der Waals surface area contributed by atoms with Crippen molar-refractivity contribution in [3.63, 3.8) is 0 Å². The molecule has 4 rings (SSSR count). The standard InChI is InChI=1S/C31H32FNO4/c1-5-18-37-25-16-10-22(11-17-25)28(34)26-27(21-8-12-23(13-9-21)31(2,3)4)33(30(36)29(26)35)19-20-6-14-24(32)15-7-20/h6-17,27,34H,5,18-19H2,1-4H3/b28-26-. The van der Waals surface area contributed by atoms with Crippen LogP contribution in [0.4, 0.5) is 4.39 Å². The van der Waals surface area contributed by atoms with E-state index in [1.165, 1.54) is 17.0 Å². The van der Waals surface area contributed by atoms with Gasteiger partial charge in [0.25, 0.3) is 11.7 Å². The van der Waals surface area contributed by atoms with Gasteiger partial charge in [-0.25, -0.2) is 4.39 Å². The normalized spacial score (nSPS) is 17.3. The van der Waals surface area contributed by atoms with Gasteiger partial charge in [-0.05, 0) is 64.9 Å². The van der Waals surface area contributed by atoms with E-state index in [-0.39, 0.29) is 29.1 Å². The minimum Gasteiger partial charge on any atom is -0.507 e. The largest absolute Gasteiger partial charge is 0.507 e. The van der Waals surface area contributed by atoms with Crippen LogP contribution >= 0.6 is 0 Å². The Bertz CT molecular complexity index is 1300. The summed E-state index contributed by atoms with van der Waals surface area (Å²) in [6.45, 7) is 9.00. The van der Waals surface area contributed by atoms with Crippen LogP contribution in [0, 0.1) is 5.82 Å². The van der Waals surface area contributed by atoms with Crippen molar-refractivity contribution in [1.29, 1.82) is 0 Å². The monoisotopic (exact) mass is 501 g/mol. The van der Waals surface area contributed by atoms with Gasteiger partial charge in [-0.15, -0.1) is 0 Å². The third-order valence-corrected chi connectivity index (χ3v) is 6.50. The SMILES string of the molecule is CCCOc1ccc(/C(O)=C2/C(=O)C(=O)N(Cc3ccc(F)cc3)C2c2ccc(C(C)(C)C)cc2)cc1. The summed E-state index contributed by atoms with van der Waals surface area (Å²) in [6.07, 6.45) is 0.868. The first-order valence-corrected chi connectivity index (χ1v) is 12.5. The Kier molecular flexibility index (Phi) is 7.48. The van der Waals surface area contributed by atoms with Gasteiger partial charge in [-0.2, -0.15) is 0 Å². The van der Waals surface area contributed by atoms with Gasteiger partial charge >= 0.3 is 0 Å². The molecule has 1 amide bonds. The van der Waals surface area contributed by atoms with Gasteiger partial charge in [0.15, 0.2) is 0 Å². The van der Waals surface area contributed by atoms with Crippen LogP contribution in [0.2, 0.25) is 0 Å². The molecule has 37 heavy (non-hydrogen) atoms. The van der Waals surface area contributed by atoms with Crippen molar-refractivity contribution < 1.29 is 23.8 Å². The fourth-order valence-corrected chi connectivity index (χ4v) is 4.43. The Balaban J connectivity index is 1.79. The Morgan fingerprint density at radius 2 is 1.57 bits per heavy atom. The van der Waals surface area contributed by atoms with Crippen LogP contribution in [-0.2, 0) is 21.5 Å². The summed E-state index contributed by atoms with van der Waals surface area (Å²) < 4.78 is 19.1. The van der Waals surface area contributed by atoms with E-state index >= 15 is 0 Å². The molecular weight excluding hydrogens is 469 g/mol. The van der Waals surface area contributed by atoms with E-state index in [9.17, 15) is 19.1 Å². The Morgan fingerprint density at radius 1 is 0.946 bits per heavy atom. The van der Waals surface area contributed by atoms with Crippen molar-refractivity contribution in [3.05, 3.63) is 106 Å². The predicted octanol–water partition coefficient (Wildman–Crippen LogP) is 6.53. The van der Waals surface area contributed by atoms with Crippen LogP contribution < -0.4 is 4.74 Å². The number of amides is 1. The third kappa shape index (κ3) is 5.58. The van der Waals surface area contributed by atoms with Crippen LogP contribution in [0.15, 0.2) is 78.4 Å². The number of ketones is 1. The summed E-state index contributed by atoms with van der Waals surface area (Å²) in [4.78, 5) is 28.0. The quantitative estimate of drug-likeness (QED) is 0.227. The second kappa shape index (κ2) is 10.6. The van der Waals surface area contributed by atoms with Gasteiger partial charge < -0.3 is 14.7 Å². The molecule has 1 unspecified atom stereocenters. The highest BCUT2D eigenvalue weighted by molar-refractivity contribution is 6.46. The lowest BCUT2D eigenvalue weighted by atomic mass is 9.85. The van der Waals surface area contributed by atoms with Crippen molar-refractivity contribution in [2.24, 2.45) is 0 Å². The van der Waals surface area contributed by atoms with Crippen LogP contribution in [0.1, 0.15) is 62.4 Å². The average molecular weight is 502 g/mol. The summed E-state index contributed by atoms with van der Waals surface area (Å²) >= 11 is 0. The van der Waals surface area contributed by atoms with Crippen molar-refractivity contribution in [3.8, 4) is 5.75 Å². The van der Waals surface area contributed by atoms with Crippen molar-refractivity contribution >= 4 is 17.4 Å². The molecule has 0 radical (unpaired) electrons. The number of benzene rings is 3. The second-order valence-corrected chi connectivity index (χ2v) is 10.3. The molecule has 6 heteroatoms. The van der Waals surface area contributed by atoms with Crippen LogP contribution in [0.25, 0.3) is 5.76 Å². The van der Waals surface area contributed by atoms with Gasteiger partial charge in [0, 0.05) is 12.1 Å². The van der Waals surface area contributed by atoms with Gasteiger partial charge in [0.1, 0.15) is 17.3 Å². The highest BCUT2D eigenvalue weighted by atomic mass is 19.1. The minimum atomic E-state index is -0.796. The molecule has 3 aromatic rings. The topological polar surface area (TPSA) is 66.8 Å². The zero-order valence-corrected chi connectivity index (χ0v) is 21.6. The molecule has 1 aliphatic heterocycles. The van der Waals surface area contributed by atoms with Gasteiger partial charge in [0.05, 0.1) is 18.2 Å². The molecule has 0 saturated carbocycles. The Morgan fingerprint density at radius 3 is 2.14 bits per heavy atom. The molecule has 1 saturated heterocycles. The van der Waals surface area contributed by atoms with Gasteiger partial charge in [-0.3, -0.25) is 9.59 Å². The summed E-state index contributed by atoms with van der Waals surface area (Å²) in [7, 11) is 0. The Labute approximate surface area is 217 Å². The van der Waals surface area contributed by atoms with E-state index in [1.54, 1.807) is 36.4 Å². The highest BCUT2D eigenvalue weighted by Crippen LogP contribution is 2.41. The second-order valence-electron chi connectivity index (χ2n) is 10.3. The summed E-state index contributed by atoms with van der Waals surface area (Å²) in [5.41, 5.74) is 2.86. The first-order valence-electron chi connectivity index (χ1n) is 12.5. The zero-order chi connectivity index (χ0) is 26.7. The number of likely N-dealkylation sites (tertiary alicyclic amines) is 1. The average Bonchev–Trinajstić information content (AvgIpc) is 3.13. The number of aliphatic hydroxyl groups excluding tert-OH is 1. The van der Waals surface area contributed by atoms with E-state index in [4.69, 9.17) is 4.74 Å². The summed E-state index contributed by atoms with van der Waals surface area (Å²) in [5, 5.41) is 11.3. The molecule has 1 aliphatic rings. The van der Waals surface area contributed by atoms with Crippen molar-refractivity contribution in [2.75, 3.05) is 6.61 Å². The van der Waals surface area contributed by atoms with Crippen LogP contribution in [-0.4, -0.2) is 28.3 Å². The number of halogens is 1. The highest BCUT2D eigenvalue weighted by Gasteiger charge is 2.46. The van der Waals surface area contributed by atoms with Crippen molar-refractivity contribution in [2.45, 2.75) is 52.1 Å². The van der Waals surface area contributed by atoms with E-state index in [2.05, 4.69) is 20.8 Å². The summed E-state index contributed by atoms with van der Waals surface area (Å²) in [6, 6.07) is 19.6. The fourth-order valence-electron chi connectivity index (χ4n) is 4.43. The summed E-state index contributed by atoms with van der Waals surface area (Å²) in [5.74, 6) is -1.43. The maximum Gasteiger partial charge on any atom is 0.295 e. The van der Waals surface area contributed by atoms with E-state index < -0.39 is 17.7 Å². The number of rotatable bonds is 7. The number of carbonyl (C=O) groups is 2. The fraction of sp³-hybridized carbons (Fsp3) is 0.290. The molecule has 1 N–H and O–H groups in total. The van der Waals surface area contributed by atoms with E-state index in [1.807, 2.05) is 31.2 Å². The molecule has 0 spiro atoms. The lowest BCUT2D eigenvalue weighted by Crippen LogP contribution is -2.29. The number of nitrogens with zero attached hydrogens (tertiary/aromatic N) is 1. The molecule has 5 nitrogen and oxygen atoms in total. The van der Waals surface area contributed by atoms with Crippen LogP contribution in [0.5, 0.6) is 5.75 Å². The lowest BCUT2D eigenvalue weighted by molar-refractivity contribution is -0.140. The van der Waals surface area contributed by atoms with Gasteiger partial charge in [0.2, 0.25) is 0 Å². The molecule has 0 aromatic heterocycles. The molecule has 1 heterocycles. The molecule has 192 valence electrons. The number of hydrogen-bond donors (Lipinski definition) is 1. The van der Waals surface area contributed by atoms with Crippen LogP contribution in [0.3, 0.4) is 0 Å². The first-order chi connectivity index (χ1) is 17.6. The number of hydrogen-bond acceptors (Lipinski definition) is 4. The third-order valence-electron chi connectivity index (χ3n) is 6.50. The predicted molar refractivity (Wildman–Crippen MR) is 142 cm³/mol. The molecule has 1 atom stereocenters. The van der Waals surface area contributed by atoms with E-state index in [0.717, 1.165) is 12.0 Å². The number of carbonyl (C=O) groups excluding carboxylic acids is 2. The maximum atomic E-state index is 13.5. The van der Waals surface area contributed by atoms with Gasteiger partial charge in [-0.1, -0.05) is 64.1 Å². The lowest BCUT2D eigenvalue weighted by Gasteiger charge is -2.26. The number of ether oxygens (including phenoxy) is 1. The molecule has 1 fully saturated rings. The smallest absolute Gasteiger partial charge is 0.295 e.